The van der Waals surface area contributed by atoms with Crippen LogP contribution in [0.15, 0.2) is 47.6 Å². The van der Waals surface area contributed by atoms with Gasteiger partial charge in [-0.15, -0.1) is 24.8 Å². The van der Waals surface area contributed by atoms with E-state index >= 15 is 0 Å². The molecule has 0 fully saturated rings. The molecule has 114 valence electrons. The largest absolute Gasteiger partial charge is 0.378 e. The number of hydrogen-bond acceptors (Lipinski definition) is 3. The number of pyridine rings is 1. The lowest BCUT2D eigenvalue weighted by molar-refractivity contribution is 1.29. The van der Waals surface area contributed by atoms with Crippen molar-refractivity contribution in [1.82, 2.24) is 4.98 Å². The summed E-state index contributed by atoms with van der Waals surface area (Å²) in [4.78, 5) is 8.70. The average Bonchev–Trinajstić information content (AvgIpc) is 2.40. The molecule has 21 heavy (non-hydrogen) atoms. The van der Waals surface area contributed by atoms with Crippen LogP contribution in [0.2, 0.25) is 0 Å². The molecule has 1 aromatic heterocycles. The van der Waals surface area contributed by atoms with Crippen molar-refractivity contribution in [3.05, 3.63) is 48.2 Å². The molecule has 0 spiro atoms. The van der Waals surface area contributed by atoms with Crippen molar-refractivity contribution >= 4 is 47.4 Å². The number of thioether (sulfide) groups is 1. The summed E-state index contributed by atoms with van der Waals surface area (Å²) in [6, 6.07) is 12.0. The van der Waals surface area contributed by atoms with Gasteiger partial charge in [0.05, 0.1) is 11.4 Å². The van der Waals surface area contributed by atoms with E-state index in [1.165, 1.54) is 5.56 Å². The van der Waals surface area contributed by atoms with Gasteiger partial charge in [0.15, 0.2) is 5.17 Å². The molecule has 0 aliphatic carbocycles. The normalized spacial score (nSPS) is 10.5. The van der Waals surface area contributed by atoms with E-state index in [9.17, 15) is 0 Å². The summed E-state index contributed by atoms with van der Waals surface area (Å²) in [7, 11) is 0. The van der Waals surface area contributed by atoms with Gasteiger partial charge in [-0.3, -0.25) is 4.98 Å². The van der Waals surface area contributed by atoms with Crippen LogP contribution in [-0.4, -0.2) is 15.9 Å². The Labute approximate surface area is 142 Å². The minimum absolute atomic E-state index is 0. The fourth-order valence-electron chi connectivity index (χ4n) is 1.71. The fourth-order valence-corrected chi connectivity index (χ4v) is 2.17. The highest BCUT2D eigenvalue weighted by molar-refractivity contribution is 8.13. The zero-order valence-electron chi connectivity index (χ0n) is 11.9. The summed E-state index contributed by atoms with van der Waals surface area (Å²) < 4.78 is 0. The van der Waals surface area contributed by atoms with E-state index in [4.69, 9.17) is 5.73 Å². The van der Waals surface area contributed by atoms with Crippen LogP contribution < -0.4 is 5.73 Å². The molecular formula is C15H19Cl2N3S. The smallest absolute Gasteiger partial charge is 0.159 e. The summed E-state index contributed by atoms with van der Waals surface area (Å²) in [5.74, 6) is 0.931. The number of halogens is 2. The zero-order valence-corrected chi connectivity index (χ0v) is 14.4. The molecule has 0 saturated heterocycles. The maximum absolute atomic E-state index is 5.79. The summed E-state index contributed by atoms with van der Waals surface area (Å²) in [6.07, 6.45) is 1.83. The predicted molar refractivity (Wildman–Crippen MR) is 98.3 cm³/mol. The molecule has 0 unspecified atom stereocenters. The van der Waals surface area contributed by atoms with Gasteiger partial charge in [-0.2, -0.15) is 0 Å². The monoisotopic (exact) mass is 343 g/mol. The molecule has 2 rings (SSSR count). The fraction of sp³-hybridized carbons (Fsp3) is 0.200. The van der Waals surface area contributed by atoms with Gasteiger partial charge in [0.2, 0.25) is 0 Å². The molecule has 0 radical (unpaired) electrons. The number of hydrogen-bond donors (Lipinski definition) is 1. The minimum atomic E-state index is 0. The molecule has 0 saturated carbocycles. The van der Waals surface area contributed by atoms with E-state index in [0.717, 1.165) is 22.7 Å². The molecule has 3 nitrogen and oxygen atoms in total. The number of aromatic nitrogens is 1. The molecule has 1 aromatic carbocycles. The Hall–Kier alpha value is -1.23. The average molecular weight is 344 g/mol. The first-order valence-electron chi connectivity index (χ1n) is 6.19. The van der Waals surface area contributed by atoms with Crippen LogP contribution in [0.3, 0.4) is 0 Å². The van der Waals surface area contributed by atoms with Gasteiger partial charge in [-0.05, 0) is 42.5 Å². The Kier molecular flexibility index (Phi) is 9.09. The van der Waals surface area contributed by atoms with E-state index in [2.05, 4.69) is 29.9 Å². The highest BCUT2D eigenvalue weighted by Gasteiger charge is 2.00. The van der Waals surface area contributed by atoms with Crippen LogP contribution in [0.25, 0.3) is 11.3 Å². The Morgan fingerprint density at radius 1 is 1.19 bits per heavy atom. The van der Waals surface area contributed by atoms with Gasteiger partial charge in [-0.25, -0.2) is 4.99 Å². The SMILES string of the molecule is CCSC(N)=Nc1ccc(-c2cc(C)ccn2)cc1.Cl.Cl. The van der Waals surface area contributed by atoms with Gasteiger partial charge < -0.3 is 5.73 Å². The van der Waals surface area contributed by atoms with E-state index in [-0.39, 0.29) is 24.8 Å². The molecule has 0 aliphatic heterocycles. The van der Waals surface area contributed by atoms with Gasteiger partial charge >= 0.3 is 0 Å². The summed E-state index contributed by atoms with van der Waals surface area (Å²) >= 11 is 1.54. The molecular weight excluding hydrogens is 325 g/mol. The van der Waals surface area contributed by atoms with Crippen LogP contribution >= 0.6 is 36.6 Å². The molecule has 0 amide bonds. The molecule has 2 N–H and O–H groups in total. The van der Waals surface area contributed by atoms with Crippen LogP contribution in [0.4, 0.5) is 5.69 Å². The van der Waals surface area contributed by atoms with Gasteiger partial charge in [-0.1, -0.05) is 30.8 Å². The maximum Gasteiger partial charge on any atom is 0.159 e. The van der Waals surface area contributed by atoms with E-state index in [0.29, 0.717) is 5.17 Å². The molecule has 2 aromatic rings. The highest BCUT2D eigenvalue weighted by Crippen LogP contribution is 2.22. The number of aliphatic imine (C=N–C) groups is 1. The number of benzene rings is 1. The van der Waals surface area contributed by atoms with E-state index in [1.54, 1.807) is 11.8 Å². The summed E-state index contributed by atoms with van der Waals surface area (Å²) in [5, 5.41) is 0.601. The Bertz CT molecular complexity index is 586. The second-order valence-corrected chi connectivity index (χ2v) is 5.43. The van der Waals surface area contributed by atoms with Crippen LogP contribution in [0.5, 0.6) is 0 Å². The van der Waals surface area contributed by atoms with Gasteiger partial charge in [0.1, 0.15) is 0 Å². The topological polar surface area (TPSA) is 51.3 Å². The summed E-state index contributed by atoms with van der Waals surface area (Å²) in [6.45, 7) is 4.12. The lowest BCUT2D eigenvalue weighted by Crippen LogP contribution is -2.05. The number of nitrogens with zero attached hydrogens (tertiary/aromatic N) is 2. The number of nitrogens with two attached hydrogens (primary N) is 1. The molecule has 6 heteroatoms. The molecule has 1 heterocycles. The van der Waals surface area contributed by atoms with Crippen molar-refractivity contribution in [3.8, 4) is 11.3 Å². The first-order valence-corrected chi connectivity index (χ1v) is 7.17. The number of rotatable bonds is 3. The molecule has 0 bridgehead atoms. The van der Waals surface area contributed by atoms with Crippen molar-refractivity contribution in [2.75, 3.05) is 5.75 Å². The van der Waals surface area contributed by atoms with Crippen LogP contribution in [0, 0.1) is 6.92 Å². The molecule has 0 atom stereocenters. The van der Waals surface area contributed by atoms with Crippen molar-refractivity contribution in [2.45, 2.75) is 13.8 Å². The second-order valence-electron chi connectivity index (χ2n) is 4.15. The highest BCUT2D eigenvalue weighted by atomic mass is 35.5. The zero-order chi connectivity index (χ0) is 13.7. The lowest BCUT2D eigenvalue weighted by Gasteiger charge is -2.03. The van der Waals surface area contributed by atoms with Crippen molar-refractivity contribution in [3.63, 3.8) is 0 Å². The Morgan fingerprint density at radius 3 is 2.43 bits per heavy atom. The predicted octanol–water partition coefficient (Wildman–Crippen LogP) is 4.60. The van der Waals surface area contributed by atoms with Crippen LogP contribution in [0.1, 0.15) is 12.5 Å². The standard InChI is InChI=1S/C15H17N3S.2ClH/c1-3-19-15(16)18-13-6-4-12(5-7-13)14-10-11(2)8-9-17-14;;/h4-10H,3H2,1-2H3,(H2,16,18);2*1H. The first-order chi connectivity index (χ1) is 9.19. The third-order valence-electron chi connectivity index (χ3n) is 2.61. The van der Waals surface area contributed by atoms with Crippen LogP contribution in [-0.2, 0) is 0 Å². The maximum atomic E-state index is 5.79. The number of aryl methyl sites for hydroxylation is 1. The second kappa shape index (κ2) is 9.66. The number of amidine groups is 1. The van der Waals surface area contributed by atoms with E-state index in [1.807, 2.05) is 36.5 Å². The van der Waals surface area contributed by atoms with Crippen molar-refractivity contribution < 1.29 is 0 Å². The van der Waals surface area contributed by atoms with E-state index < -0.39 is 0 Å². The third-order valence-corrected chi connectivity index (χ3v) is 3.29. The van der Waals surface area contributed by atoms with Crippen molar-refractivity contribution in [2.24, 2.45) is 10.7 Å². The first kappa shape index (κ1) is 19.8. The third kappa shape index (κ3) is 5.96. The molecule has 0 aliphatic rings. The summed E-state index contributed by atoms with van der Waals surface area (Å²) in [5.41, 5.74) is 9.93. The lowest BCUT2D eigenvalue weighted by atomic mass is 10.1. The Morgan fingerprint density at radius 2 is 1.86 bits per heavy atom. The van der Waals surface area contributed by atoms with Crippen molar-refractivity contribution in [1.29, 1.82) is 0 Å². The minimum Gasteiger partial charge on any atom is -0.378 e. The quantitative estimate of drug-likeness (QED) is 0.654. The van der Waals surface area contributed by atoms with Gasteiger partial charge in [0, 0.05) is 11.8 Å². The van der Waals surface area contributed by atoms with Gasteiger partial charge in [0.25, 0.3) is 0 Å². The Balaban J connectivity index is 0.00000200.